The highest BCUT2D eigenvalue weighted by atomic mass is 14.6. The first-order valence-electron chi connectivity index (χ1n) is 14.2. The van der Waals surface area contributed by atoms with Crippen molar-refractivity contribution >= 4 is 0 Å². The Bertz CT molecular complexity index is 744. The van der Waals surface area contributed by atoms with E-state index in [2.05, 4.69) is 40.7 Å². The number of hydrogen-bond donors (Lipinski definition) is 0. The minimum Gasteiger partial charge on any atom is -0.0802 e. The van der Waals surface area contributed by atoms with Crippen LogP contribution in [0.2, 0.25) is 0 Å². The Balaban J connectivity index is 1.39. The first-order chi connectivity index (χ1) is 14.8. The van der Waals surface area contributed by atoms with Gasteiger partial charge in [-0.2, -0.15) is 0 Å². The number of hydrogen-bond acceptors (Lipinski definition) is 0. The smallest absolute Gasteiger partial charge is 0.00389 e. The molecule has 0 amide bonds. The lowest BCUT2D eigenvalue weighted by Gasteiger charge is -2.59. The topological polar surface area (TPSA) is 0 Å². The number of allylic oxidation sites excluding steroid dienone is 4. The van der Waals surface area contributed by atoms with Gasteiger partial charge in [-0.3, -0.25) is 0 Å². The molecule has 0 heterocycles. The maximum Gasteiger partial charge on any atom is -0.00389 e. The predicted octanol–water partition coefficient (Wildman–Crippen LogP) is 9.65. The molecule has 31 heavy (non-hydrogen) atoms. The van der Waals surface area contributed by atoms with Crippen molar-refractivity contribution in [2.24, 2.45) is 39.9 Å². The van der Waals surface area contributed by atoms with Crippen molar-refractivity contribution in [2.45, 2.75) is 131 Å². The molecule has 5 aliphatic rings. The Hall–Kier alpha value is -0.520. The predicted molar refractivity (Wildman–Crippen MR) is 134 cm³/mol. The van der Waals surface area contributed by atoms with Crippen molar-refractivity contribution in [1.29, 1.82) is 0 Å². The molecule has 1 unspecified atom stereocenters. The minimum absolute atomic E-state index is 0.471. The van der Waals surface area contributed by atoms with Gasteiger partial charge >= 0.3 is 0 Å². The van der Waals surface area contributed by atoms with Gasteiger partial charge in [0.1, 0.15) is 0 Å². The summed E-state index contributed by atoms with van der Waals surface area (Å²) in [5.41, 5.74) is 7.42. The Labute approximate surface area is 193 Å². The summed E-state index contributed by atoms with van der Waals surface area (Å²) < 4.78 is 0. The Kier molecular flexibility index (Phi) is 5.79. The summed E-state index contributed by atoms with van der Waals surface area (Å²) in [7, 11) is 0. The fourth-order valence-electron chi connectivity index (χ4n) is 10.0. The van der Waals surface area contributed by atoms with Crippen LogP contribution in [0.25, 0.3) is 0 Å². The Morgan fingerprint density at radius 3 is 2.35 bits per heavy atom. The Morgan fingerprint density at radius 1 is 0.871 bits per heavy atom. The second-order valence-electron chi connectivity index (χ2n) is 13.6. The standard InChI is InChI=1S/C31H50/c1-22(2)10-8-11-23(3)25-13-14-26-24-12-15-28-30(5,27(24)16-21-29(25,26)4)17-9-20-31(28)18-6-7-19-31/h14,22-23,25,28H,6-13,15-21H2,1-5H3/t23-,25-,28?,29-,30-/m1/s1. The molecule has 174 valence electrons. The minimum atomic E-state index is 0.471. The van der Waals surface area contributed by atoms with Crippen LogP contribution in [-0.4, -0.2) is 0 Å². The molecule has 0 aromatic rings. The average Bonchev–Trinajstić information content (AvgIpc) is 3.32. The molecule has 0 heteroatoms. The van der Waals surface area contributed by atoms with Gasteiger partial charge in [-0.25, -0.2) is 0 Å². The molecule has 1 spiro atoms. The molecular formula is C31H50. The summed E-state index contributed by atoms with van der Waals surface area (Å²) in [5.74, 6) is 3.62. The summed E-state index contributed by atoms with van der Waals surface area (Å²) in [6.45, 7) is 12.8. The van der Waals surface area contributed by atoms with E-state index in [0.717, 1.165) is 29.1 Å². The number of rotatable bonds is 5. The van der Waals surface area contributed by atoms with Crippen LogP contribution < -0.4 is 0 Å². The van der Waals surface area contributed by atoms with Gasteiger partial charge in [-0.05, 0) is 109 Å². The summed E-state index contributed by atoms with van der Waals surface area (Å²) in [5, 5.41) is 0. The van der Waals surface area contributed by atoms with E-state index in [1.165, 1.54) is 77.0 Å². The molecule has 0 radical (unpaired) electrons. The third-order valence-electron chi connectivity index (χ3n) is 11.6. The monoisotopic (exact) mass is 422 g/mol. The molecule has 0 saturated heterocycles. The first kappa shape index (κ1) is 22.3. The normalized spacial score (nSPS) is 40.0. The van der Waals surface area contributed by atoms with Gasteiger partial charge in [0.25, 0.3) is 0 Å². The summed E-state index contributed by atoms with van der Waals surface area (Å²) in [6, 6.07) is 0. The molecule has 2 fully saturated rings. The van der Waals surface area contributed by atoms with E-state index in [0.29, 0.717) is 10.8 Å². The molecule has 5 atom stereocenters. The lowest BCUT2D eigenvalue weighted by Crippen LogP contribution is -2.48. The third kappa shape index (κ3) is 3.44. The van der Waals surface area contributed by atoms with Gasteiger partial charge in [0, 0.05) is 0 Å². The van der Waals surface area contributed by atoms with Crippen molar-refractivity contribution in [3.8, 4) is 0 Å². The van der Waals surface area contributed by atoms with Crippen molar-refractivity contribution in [1.82, 2.24) is 0 Å². The summed E-state index contributed by atoms with van der Waals surface area (Å²) in [4.78, 5) is 0. The van der Waals surface area contributed by atoms with Crippen LogP contribution >= 0.6 is 0 Å². The van der Waals surface area contributed by atoms with E-state index in [1.54, 1.807) is 19.3 Å². The quantitative estimate of drug-likeness (QED) is 0.413. The fraction of sp³-hybridized carbons (Fsp3) is 0.871. The largest absolute Gasteiger partial charge is 0.0802 e. The highest BCUT2D eigenvalue weighted by molar-refractivity contribution is 5.49. The van der Waals surface area contributed by atoms with E-state index in [1.807, 2.05) is 16.7 Å². The van der Waals surface area contributed by atoms with E-state index >= 15 is 0 Å². The highest BCUT2D eigenvalue weighted by Crippen LogP contribution is 2.69. The zero-order chi connectivity index (χ0) is 21.9. The van der Waals surface area contributed by atoms with Crippen LogP contribution in [0.5, 0.6) is 0 Å². The molecule has 2 saturated carbocycles. The third-order valence-corrected chi connectivity index (χ3v) is 11.6. The molecule has 5 aliphatic carbocycles. The van der Waals surface area contributed by atoms with Gasteiger partial charge in [0.05, 0.1) is 0 Å². The zero-order valence-corrected chi connectivity index (χ0v) is 21.5. The van der Waals surface area contributed by atoms with Crippen LogP contribution in [0.3, 0.4) is 0 Å². The number of fused-ring (bicyclic) bond motifs is 5. The van der Waals surface area contributed by atoms with E-state index < -0.39 is 0 Å². The second-order valence-corrected chi connectivity index (χ2v) is 13.6. The van der Waals surface area contributed by atoms with Crippen molar-refractivity contribution in [2.75, 3.05) is 0 Å². The van der Waals surface area contributed by atoms with Crippen molar-refractivity contribution in [3.05, 3.63) is 22.8 Å². The first-order valence-corrected chi connectivity index (χ1v) is 14.2. The zero-order valence-electron chi connectivity index (χ0n) is 21.5. The molecule has 0 nitrogen and oxygen atoms in total. The summed E-state index contributed by atoms with van der Waals surface area (Å²) >= 11 is 0. The van der Waals surface area contributed by atoms with Gasteiger partial charge in [0.15, 0.2) is 0 Å². The van der Waals surface area contributed by atoms with Crippen LogP contribution in [0, 0.1) is 39.9 Å². The van der Waals surface area contributed by atoms with Crippen LogP contribution in [-0.2, 0) is 0 Å². The van der Waals surface area contributed by atoms with E-state index in [9.17, 15) is 0 Å². The van der Waals surface area contributed by atoms with Crippen molar-refractivity contribution < 1.29 is 0 Å². The second kappa shape index (κ2) is 8.06. The molecule has 0 aliphatic heterocycles. The van der Waals surface area contributed by atoms with E-state index in [4.69, 9.17) is 0 Å². The molecule has 5 rings (SSSR count). The molecule has 0 aromatic carbocycles. The van der Waals surface area contributed by atoms with Crippen LogP contribution in [0.15, 0.2) is 22.8 Å². The molecule has 0 bridgehead atoms. The van der Waals surface area contributed by atoms with Gasteiger partial charge < -0.3 is 0 Å². The van der Waals surface area contributed by atoms with Crippen LogP contribution in [0.4, 0.5) is 0 Å². The fourth-order valence-corrected chi connectivity index (χ4v) is 10.0. The van der Waals surface area contributed by atoms with Gasteiger partial charge in [-0.1, -0.05) is 84.8 Å². The maximum absolute atomic E-state index is 2.75. The molecule has 0 aromatic heterocycles. The SMILES string of the molecule is CC(C)CCC[C@@H](C)[C@H]1CC=C2C3=C(CC[C@@]21C)[C@@]1(C)CCCC2(CCCC2)C1CC3. The summed E-state index contributed by atoms with van der Waals surface area (Å²) in [6.07, 6.45) is 24.8. The molecular weight excluding hydrogens is 372 g/mol. The highest BCUT2D eigenvalue weighted by Gasteiger charge is 2.57. The van der Waals surface area contributed by atoms with E-state index in [-0.39, 0.29) is 0 Å². The van der Waals surface area contributed by atoms with Crippen LogP contribution in [0.1, 0.15) is 131 Å². The lowest BCUT2D eigenvalue weighted by atomic mass is 9.46. The van der Waals surface area contributed by atoms with Gasteiger partial charge in [0.2, 0.25) is 0 Å². The lowest BCUT2D eigenvalue weighted by molar-refractivity contribution is -0.0145. The van der Waals surface area contributed by atoms with Gasteiger partial charge in [-0.15, -0.1) is 0 Å². The van der Waals surface area contributed by atoms with Crippen molar-refractivity contribution in [3.63, 3.8) is 0 Å². The average molecular weight is 423 g/mol. The Morgan fingerprint density at radius 2 is 1.61 bits per heavy atom. The maximum atomic E-state index is 2.75. The molecule has 0 N–H and O–H groups in total.